The number of hydrogen-bond donors (Lipinski definition) is 1. The van der Waals surface area contributed by atoms with Crippen LogP contribution in [0.4, 0.5) is 4.79 Å². The first kappa shape index (κ1) is 18.7. The Morgan fingerprint density at radius 3 is 2.48 bits per heavy atom. The Hall–Kier alpha value is -4.26. The monoisotopic (exact) mass is 409 g/mol. The zero-order chi connectivity index (χ0) is 21.0. The van der Waals surface area contributed by atoms with Crippen molar-refractivity contribution in [2.75, 3.05) is 0 Å². The first-order chi connectivity index (χ1) is 15.3. The molecule has 0 radical (unpaired) electrons. The molecule has 2 aromatic heterocycles. The summed E-state index contributed by atoms with van der Waals surface area (Å²) >= 11 is 0. The molecule has 0 fully saturated rings. The number of fused-ring (bicyclic) bond motifs is 3. The van der Waals surface area contributed by atoms with Gasteiger partial charge >= 0.3 is 6.09 Å². The zero-order valence-corrected chi connectivity index (χ0v) is 16.6. The molecular weight excluding hydrogens is 390 g/mol. The van der Waals surface area contributed by atoms with Gasteiger partial charge in [0.1, 0.15) is 6.61 Å². The number of rotatable bonds is 5. The van der Waals surface area contributed by atoms with Crippen LogP contribution in [0.2, 0.25) is 0 Å². The maximum absolute atomic E-state index is 11.9. The van der Waals surface area contributed by atoms with Gasteiger partial charge in [-0.05, 0) is 11.1 Å². The Bertz CT molecular complexity index is 1350. The fourth-order valence-corrected chi connectivity index (χ4v) is 3.39. The van der Waals surface area contributed by atoms with E-state index >= 15 is 0 Å². The van der Waals surface area contributed by atoms with E-state index in [1.165, 1.54) is 0 Å². The van der Waals surface area contributed by atoms with Gasteiger partial charge in [0.25, 0.3) is 0 Å². The van der Waals surface area contributed by atoms with Crippen molar-refractivity contribution in [3.05, 3.63) is 96.2 Å². The van der Waals surface area contributed by atoms with Crippen molar-refractivity contribution in [2.45, 2.75) is 13.2 Å². The van der Waals surface area contributed by atoms with Crippen LogP contribution in [-0.2, 0) is 17.9 Å². The number of benzene rings is 3. The van der Waals surface area contributed by atoms with Crippen molar-refractivity contribution >= 4 is 22.5 Å². The van der Waals surface area contributed by atoms with E-state index in [2.05, 4.69) is 20.6 Å². The van der Waals surface area contributed by atoms with Gasteiger partial charge in [0, 0.05) is 22.9 Å². The average molecular weight is 409 g/mol. The highest BCUT2D eigenvalue weighted by molar-refractivity contribution is 5.93. The molecule has 7 nitrogen and oxygen atoms in total. The van der Waals surface area contributed by atoms with Crippen LogP contribution in [0.5, 0.6) is 0 Å². The van der Waals surface area contributed by atoms with Crippen molar-refractivity contribution in [2.24, 2.45) is 0 Å². The molecule has 0 aliphatic rings. The standard InChI is InChI=1S/C24H19N5O2/c30-24(31-16-18-6-2-1-3-7-18)25-14-17-10-12-19(13-11-17)22-27-28-23-21-9-5-4-8-20(21)15-26-29(22)23/h1-13,15H,14,16H2,(H,25,30). The number of aromatic nitrogens is 4. The van der Waals surface area contributed by atoms with Crippen LogP contribution in [0, 0.1) is 0 Å². The molecule has 0 spiro atoms. The maximum atomic E-state index is 11.9. The van der Waals surface area contributed by atoms with Crippen LogP contribution in [0.15, 0.2) is 85.1 Å². The molecule has 7 heteroatoms. The summed E-state index contributed by atoms with van der Waals surface area (Å²) in [7, 11) is 0. The minimum Gasteiger partial charge on any atom is -0.445 e. The van der Waals surface area contributed by atoms with Gasteiger partial charge in [-0.15, -0.1) is 10.2 Å². The lowest BCUT2D eigenvalue weighted by Gasteiger charge is -2.08. The minimum atomic E-state index is -0.451. The number of amides is 1. The molecule has 2 heterocycles. The summed E-state index contributed by atoms with van der Waals surface area (Å²) in [5.74, 6) is 0.669. The Balaban J connectivity index is 1.26. The normalized spacial score (nSPS) is 11.0. The van der Waals surface area contributed by atoms with Gasteiger partial charge in [-0.2, -0.15) is 9.61 Å². The van der Waals surface area contributed by atoms with Crippen molar-refractivity contribution in [1.29, 1.82) is 0 Å². The number of alkyl carbamates (subject to hydrolysis) is 1. The summed E-state index contributed by atoms with van der Waals surface area (Å²) in [4.78, 5) is 11.9. The number of nitrogens with one attached hydrogen (secondary N) is 1. The average Bonchev–Trinajstić information content (AvgIpc) is 3.27. The lowest BCUT2D eigenvalue weighted by atomic mass is 10.1. The van der Waals surface area contributed by atoms with E-state index in [4.69, 9.17) is 4.74 Å². The first-order valence-corrected chi connectivity index (χ1v) is 9.91. The Morgan fingerprint density at radius 2 is 1.65 bits per heavy atom. The Morgan fingerprint density at radius 1 is 0.871 bits per heavy atom. The molecule has 0 saturated carbocycles. The van der Waals surface area contributed by atoms with Crippen LogP contribution in [0.1, 0.15) is 11.1 Å². The molecule has 0 aliphatic heterocycles. The largest absolute Gasteiger partial charge is 0.445 e. The van der Waals surface area contributed by atoms with Gasteiger partial charge in [-0.25, -0.2) is 4.79 Å². The summed E-state index contributed by atoms with van der Waals surface area (Å²) in [5, 5.41) is 17.9. The quantitative estimate of drug-likeness (QED) is 0.466. The van der Waals surface area contributed by atoms with E-state index in [0.717, 1.165) is 33.1 Å². The van der Waals surface area contributed by atoms with Crippen molar-refractivity contribution in [3.8, 4) is 11.4 Å². The summed E-state index contributed by atoms with van der Waals surface area (Å²) in [6.45, 7) is 0.616. The third-order valence-corrected chi connectivity index (χ3v) is 5.02. The highest BCUT2D eigenvalue weighted by Gasteiger charge is 2.12. The molecule has 3 aromatic carbocycles. The first-order valence-electron chi connectivity index (χ1n) is 9.91. The van der Waals surface area contributed by atoms with Crippen LogP contribution >= 0.6 is 0 Å². The maximum Gasteiger partial charge on any atom is 0.407 e. The second kappa shape index (κ2) is 8.23. The van der Waals surface area contributed by atoms with Crippen LogP contribution in [0.25, 0.3) is 27.8 Å². The number of carbonyl (C=O) groups is 1. The van der Waals surface area contributed by atoms with E-state index in [0.29, 0.717) is 12.4 Å². The van der Waals surface area contributed by atoms with Gasteiger partial charge in [0.15, 0.2) is 11.5 Å². The van der Waals surface area contributed by atoms with Gasteiger partial charge < -0.3 is 10.1 Å². The molecule has 0 aliphatic carbocycles. The number of carbonyl (C=O) groups excluding carboxylic acids is 1. The molecule has 5 rings (SSSR count). The molecule has 31 heavy (non-hydrogen) atoms. The molecule has 0 unspecified atom stereocenters. The molecule has 0 bridgehead atoms. The summed E-state index contributed by atoms with van der Waals surface area (Å²) in [5.41, 5.74) is 3.52. The van der Waals surface area contributed by atoms with Gasteiger partial charge in [0.05, 0.1) is 6.20 Å². The summed E-state index contributed by atoms with van der Waals surface area (Å²) < 4.78 is 6.98. The van der Waals surface area contributed by atoms with Gasteiger partial charge in [-0.3, -0.25) is 0 Å². The van der Waals surface area contributed by atoms with Crippen LogP contribution in [0.3, 0.4) is 0 Å². The topological polar surface area (TPSA) is 81.4 Å². The highest BCUT2D eigenvalue weighted by atomic mass is 16.5. The fourth-order valence-electron chi connectivity index (χ4n) is 3.39. The summed E-state index contributed by atoms with van der Waals surface area (Å²) in [6.07, 6.45) is 1.36. The SMILES string of the molecule is O=C(NCc1ccc(-c2nnc3c4ccccc4cnn23)cc1)OCc1ccccc1. The number of hydrogen-bond acceptors (Lipinski definition) is 5. The Labute approximate surface area is 178 Å². The zero-order valence-electron chi connectivity index (χ0n) is 16.6. The third kappa shape index (κ3) is 3.93. The number of nitrogens with zero attached hydrogens (tertiary/aromatic N) is 4. The number of ether oxygens (including phenoxy) is 1. The van der Waals surface area contributed by atoms with E-state index in [9.17, 15) is 4.79 Å². The smallest absolute Gasteiger partial charge is 0.407 e. The molecule has 5 aromatic rings. The van der Waals surface area contributed by atoms with Crippen molar-refractivity contribution < 1.29 is 9.53 Å². The molecular formula is C24H19N5O2. The predicted octanol–water partition coefficient (Wildman–Crippen LogP) is 4.37. The second-order valence-electron chi connectivity index (χ2n) is 7.10. The lowest BCUT2D eigenvalue weighted by Crippen LogP contribution is -2.23. The molecule has 152 valence electrons. The van der Waals surface area contributed by atoms with Crippen molar-refractivity contribution in [3.63, 3.8) is 0 Å². The molecule has 0 saturated heterocycles. The summed E-state index contributed by atoms with van der Waals surface area (Å²) in [6, 6.07) is 25.3. The van der Waals surface area contributed by atoms with Gasteiger partial charge in [0.2, 0.25) is 0 Å². The van der Waals surface area contributed by atoms with Crippen LogP contribution in [-0.4, -0.2) is 25.9 Å². The minimum absolute atomic E-state index is 0.243. The Kier molecular flexibility index (Phi) is 4.98. The van der Waals surface area contributed by atoms with E-state index in [-0.39, 0.29) is 6.61 Å². The molecule has 1 amide bonds. The van der Waals surface area contributed by atoms with Crippen molar-refractivity contribution in [1.82, 2.24) is 25.1 Å². The van der Waals surface area contributed by atoms with E-state index in [1.807, 2.05) is 85.1 Å². The molecule has 1 N–H and O–H groups in total. The third-order valence-electron chi connectivity index (χ3n) is 5.02. The highest BCUT2D eigenvalue weighted by Crippen LogP contribution is 2.22. The van der Waals surface area contributed by atoms with E-state index < -0.39 is 6.09 Å². The van der Waals surface area contributed by atoms with Crippen LogP contribution < -0.4 is 5.32 Å². The second-order valence-corrected chi connectivity index (χ2v) is 7.10. The van der Waals surface area contributed by atoms with Gasteiger partial charge in [-0.1, -0.05) is 78.9 Å². The molecule has 0 atom stereocenters. The fraction of sp³-hybridized carbons (Fsp3) is 0.0833. The predicted molar refractivity (Wildman–Crippen MR) is 117 cm³/mol. The van der Waals surface area contributed by atoms with E-state index in [1.54, 1.807) is 4.52 Å². The lowest BCUT2D eigenvalue weighted by molar-refractivity contribution is 0.139.